The number of carbonyl (C=O) groups is 2. The van der Waals surface area contributed by atoms with Gasteiger partial charge in [0.15, 0.2) is 0 Å². The molecule has 1 fully saturated rings. The van der Waals surface area contributed by atoms with Crippen LogP contribution >= 0.6 is 0 Å². The van der Waals surface area contributed by atoms with E-state index < -0.39 is 30.1 Å². The van der Waals surface area contributed by atoms with Gasteiger partial charge >= 0.3 is 12.1 Å². The number of aromatic nitrogens is 1. The molecule has 1 saturated heterocycles. The van der Waals surface area contributed by atoms with Gasteiger partial charge in [-0.2, -0.15) is 13.2 Å². The molecule has 0 spiro atoms. The number of hydrogen-bond donors (Lipinski definition) is 4. The van der Waals surface area contributed by atoms with Gasteiger partial charge < -0.3 is 25.4 Å². The first-order valence-electron chi connectivity index (χ1n) is 14.4. The molecule has 1 aliphatic rings. The first-order valence-corrected chi connectivity index (χ1v) is 14.4. The van der Waals surface area contributed by atoms with Crippen molar-refractivity contribution in [1.29, 1.82) is 0 Å². The number of anilines is 2. The minimum atomic E-state index is -4.64. The number of alkyl halides is 3. The van der Waals surface area contributed by atoms with Crippen molar-refractivity contribution < 1.29 is 32.6 Å². The zero-order valence-electron chi connectivity index (χ0n) is 24.6. The lowest BCUT2D eigenvalue weighted by Crippen LogP contribution is -2.52. The van der Waals surface area contributed by atoms with Gasteiger partial charge in [-0.05, 0) is 61.4 Å². The normalized spacial score (nSPS) is 16.5. The highest BCUT2D eigenvalue weighted by atomic mass is 19.4. The maximum atomic E-state index is 14.1. The largest absolute Gasteiger partial charge is 0.481 e. The molecule has 12 heteroatoms. The van der Waals surface area contributed by atoms with Crippen LogP contribution in [0.5, 0.6) is 5.88 Å². The fourth-order valence-electron chi connectivity index (χ4n) is 5.00. The smallest absolute Gasteiger partial charge is 0.407 e. The first-order chi connectivity index (χ1) is 19.9. The third-order valence-corrected chi connectivity index (χ3v) is 7.49. The maximum absolute atomic E-state index is 14.1. The Morgan fingerprint density at radius 1 is 1.12 bits per heavy atom. The summed E-state index contributed by atoms with van der Waals surface area (Å²) >= 11 is 0. The lowest BCUT2D eigenvalue weighted by Gasteiger charge is -2.32. The van der Waals surface area contributed by atoms with Crippen molar-refractivity contribution in [3.8, 4) is 5.88 Å². The third-order valence-electron chi connectivity index (χ3n) is 7.49. The van der Waals surface area contributed by atoms with E-state index in [-0.39, 0.29) is 35.7 Å². The Bertz CT molecular complexity index is 1140. The van der Waals surface area contributed by atoms with E-state index >= 15 is 0 Å². The molecule has 42 heavy (non-hydrogen) atoms. The number of aliphatic carboxylic acids is 1. The number of methoxy groups -OCH3 is 1. The predicted octanol–water partition coefficient (Wildman–Crippen LogP) is 5.01. The average Bonchev–Trinajstić information content (AvgIpc) is 2.96. The molecule has 2 aromatic rings. The van der Waals surface area contributed by atoms with Crippen LogP contribution in [0.15, 0.2) is 42.6 Å². The number of nitrogens with one attached hydrogen (secondary N) is 3. The molecule has 232 valence electrons. The van der Waals surface area contributed by atoms with Crippen molar-refractivity contribution in [3.05, 3.63) is 48.2 Å². The second-order valence-electron chi connectivity index (χ2n) is 11.1. The van der Waals surface area contributed by atoms with Gasteiger partial charge in [0.05, 0.1) is 19.1 Å². The summed E-state index contributed by atoms with van der Waals surface area (Å²) in [4.78, 5) is 30.6. The van der Waals surface area contributed by atoms with Crippen molar-refractivity contribution in [2.45, 2.75) is 70.8 Å². The number of hydrogen-bond acceptors (Lipinski definition) is 7. The van der Waals surface area contributed by atoms with E-state index in [1.165, 1.54) is 19.2 Å². The minimum absolute atomic E-state index is 0.0252. The Kier molecular flexibility index (Phi) is 11.8. The lowest BCUT2D eigenvalue weighted by atomic mass is 9.97. The summed E-state index contributed by atoms with van der Waals surface area (Å²) in [6.45, 7) is 7.38. The Labute approximate surface area is 245 Å². The number of carboxylic acid groups (broad SMARTS) is 1. The van der Waals surface area contributed by atoms with Crippen LogP contribution < -0.4 is 25.6 Å². The number of ether oxygens (including phenoxy) is 1. The van der Waals surface area contributed by atoms with Crippen LogP contribution in [-0.4, -0.2) is 67.0 Å². The van der Waals surface area contributed by atoms with Crippen molar-refractivity contribution >= 4 is 23.3 Å². The van der Waals surface area contributed by atoms with Crippen molar-refractivity contribution in [2.24, 2.45) is 11.8 Å². The maximum Gasteiger partial charge on any atom is 0.407 e. The molecular weight excluding hydrogens is 551 g/mol. The first kappa shape index (κ1) is 33.0. The van der Waals surface area contributed by atoms with E-state index in [4.69, 9.17) is 4.74 Å². The van der Waals surface area contributed by atoms with Crippen LogP contribution in [0.4, 0.5) is 24.5 Å². The Balaban J connectivity index is 1.61. The van der Waals surface area contributed by atoms with E-state index in [9.17, 15) is 27.9 Å². The Morgan fingerprint density at radius 3 is 2.29 bits per heavy atom. The molecule has 9 nitrogen and oxygen atoms in total. The number of rotatable bonds is 14. The number of carbonyl (C=O) groups excluding carboxylic acids is 1. The molecule has 2 heterocycles. The summed E-state index contributed by atoms with van der Waals surface area (Å²) in [6, 6.07) is 6.99. The predicted molar refractivity (Wildman–Crippen MR) is 156 cm³/mol. The number of carboxylic acids is 1. The van der Waals surface area contributed by atoms with Gasteiger partial charge in [-0.3, -0.25) is 14.9 Å². The molecule has 0 unspecified atom stereocenters. The number of amides is 1. The minimum Gasteiger partial charge on any atom is -0.481 e. The van der Waals surface area contributed by atoms with Gasteiger partial charge in [0.1, 0.15) is 6.04 Å². The number of benzene rings is 1. The summed E-state index contributed by atoms with van der Waals surface area (Å²) < 4.78 is 47.2. The molecule has 1 aromatic heterocycles. The summed E-state index contributed by atoms with van der Waals surface area (Å²) in [5.41, 5.74) is 1.75. The van der Waals surface area contributed by atoms with Crippen LogP contribution in [0.1, 0.15) is 58.1 Å². The number of nitrogens with zero attached hydrogens (tertiary/aromatic N) is 2. The molecule has 1 aliphatic heterocycles. The highest BCUT2D eigenvalue weighted by Gasteiger charge is 2.43. The summed E-state index contributed by atoms with van der Waals surface area (Å²) in [6.07, 6.45) is -1.51. The van der Waals surface area contributed by atoms with E-state index in [2.05, 4.69) is 25.8 Å². The second-order valence-corrected chi connectivity index (χ2v) is 11.1. The van der Waals surface area contributed by atoms with Gasteiger partial charge in [-0.25, -0.2) is 4.98 Å². The quantitative estimate of drug-likeness (QED) is 0.242. The van der Waals surface area contributed by atoms with Crippen molar-refractivity contribution in [2.75, 3.05) is 37.0 Å². The number of piperidine rings is 1. The fraction of sp³-hybridized carbons (Fsp3) is 0.567. The van der Waals surface area contributed by atoms with Crippen molar-refractivity contribution in [1.82, 2.24) is 15.6 Å². The summed E-state index contributed by atoms with van der Waals surface area (Å²) in [5.74, 6) is -1.36. The standard InChI is InChI=1S/C30H42F3N5O4/c1-5-22(18-34-23-7-9-24(10-8-23)38-14-12-20(13-15-38)29(40)41)36-28(39)25(16-19(2)3)37-27(30(31,32)33)21-6-11-26(42-4)35-17-21/h6-11,17,19-20,22,25,27,34,37H,5,12-16,18H2,1-4H3,(H,36,39)(H,40,41)/t22-,25-,27-/m0/s1. The molecule has 3 rings (SSSR count). The second kappa shape index (κ2) is 15.1. The van der Waals surface area contributed by atoms with Gasteiger partial charge in [-0.15, -0.1) is 0 Å². The summed E-state index contributed by atoms with van der Waals surface area (Å²) in [5, 5.41) is 18.0. The molecule has 0 aliphatic carbocycles. The van der Waals surface area contributed by atoms with Gasteiger partial charge in [0.25, 0.3) is 0 Å². The lowest BCUT2D eigenvalue weighted by molar-refractivity contribution is -0.161. The van der Waals surface area contributed by atoms with Crippen LogP contribution in [-0.2, 0) is 9.59 Å². The van der Waals surface area contributed by atoms with Crippen LogP contribution in [0, 0.1) is 11.8 Å². The number of halogens is 3. The SMILES string of the molecule is CC[C@@H](CNc1ccc(N2CCC(C(=O)O)CC2)cc1)NC(=O)[C@H](CC(C)C)N[C@@H](c1ccc(OC)nc1)C(F)(F)F. The molecule has 3 atom stereocenters. The molecule has 1 amide bonds. The van der Waals surface area contributed by atoms with Gasteiger partial charge in [0, 0.05) is 49.3 Å². The monoisotopic (exact) mass is 593 g/mol. The summed E-state index contributed by atoms with van der Waals surface area (Å²) in [7, 11) is 1.38. The third kappa shape index (κ3) is 9.50. The Morgan fingerprint density at radius 2 is 1.79 bits per heavy atom. The van der Waals surface area contributed by atoms with Crippen LogP contribution in [0.25, 0.3) is 0 Å². The molecule has 4 N–H and O–H groups in total. The molecule has 1 aromatic carbocycles. The van der Waals surface area contributed by atoms with Crippen LogP contribution in [0.2, 0.25) is 0 Å². The highest BCUT2D eigenvalue weighted by Crippen LogP contribution is 2.34. The van der Waals surface area contributed by atoms with E-state index in [0.717, 1.165) is 17.6 Å². The highest BCUT2D eigenvalue weighted by molar-refractivity contribution is 5.82. The molecule has 0 bridgehead atoms. The van der Waals surface area contributed by atoms with Crippen LogP contribution in [0.3, 0.4) is 0 Å². The fourth-order valence-corrected chi connectivity index (χ4v) is 5.00. The van der Waals surface area contributed by atoms with Gasteiger partial charge in [-0.1, -0.05) is 26.8 Å². The van der Waals surface area contributed by atoms with Gasteiger partial charge in [0.2, 0.25) is 11.8 Å². The topological polar surface area (TPSA) is 116 Å². The van der Waals surface area contributed by atoms with Crippen molar-refractivity contribution in [3.63, 3.8) is 0 Å². The van der Waals surface area contributed by atoms with E-state index in [1.54, 1.807) is 0 Å². The number of pyridine rings is 1. The zero-order chi connectivity index (χ0) is 30.9. The van der Waals surface area contributed by atoms with E-state index in [0.29, 0.717) is 38.9 Å². The average molecular weight is 594 g/mol. The molecule has 0 saturated carbocycles. The Hall–Kier alpha value is -3.54. The van der Waals surface area contributed by atoms with E-state index in [1.807, 2.05) is 45.0 Å². The molecular formula is C30H42F3N5O4. The molecule has 0 radical (unpaired) electrons. The zero-order valence-corrected chi connectivity index (χ0v) is 24.6.